The van der Waals surface area contributed by atoms with E-state index in [1.54, 1.807) is 0 Å². The van der Waals surface area contributed by atoms with Crippen molar-refractivity contribution in [1.29, 1.82) is 0 Å². The monoisotopic (exact) mass is 636 g/mol. The normalized spacial score (nSPS) is 11.2. The smallest absolute Gasteiger partial charge is 0.201 e. The molecule has 0 aliphatic heterocycles. The number of hydrogen-bond acceptors (Lipinski definition) is 4. The molecule has 0 fully saturated rings. The number of rotatable bonds is 8. The molecule has 6 aromatic rings. The van der Waals surface area contributed by atoms with Crippen LogP contribution in [0.5, 0.6) is 11.5 Å². The van der Waals surface area contributed by atoms with Crippen molar-refractivity contribution in [1.82, 2.24) is 0 Å². The molecule has 0 radical (unpaired) electrons. The van der Waals surface area contributed by atoms with Crippen molar-refractivity contribution in [2.24, 2.45) is 0 Å². The van der Waals surface area contributed by atoms with Gasteiger partial charge in [0, 0.05) is 11.6 Å². The number of benzene rings is 5. The van der Waals surface area contributed by atoms with Gasteiger partial charge >= 0.3 is 0 Å². The van der Waals surface area contributed by atoms with Gasteiger partial charge in [0.1, 0.15) is 28.9 Å². The Hall–Kier alpha value is -4.18. The Morgan fingerprint density at radius 3 is 1.69 bits per heavy atom. The zero-order chi connectivity index (χ0) is 28.2. The Labute approximate surface area is 256 Å². The van der Waals surface area contributed by atoms with Gasteiger partial charge in [-0.15, -0.1) is 0 Å². The van der Waals surface area contributed by atoms with E-state index < -0.39 is 13.0 Å². The molecule has 5 aromatic carbocycles. The molecule has 2 N–H and O–H groups in total. The SMILES string of the molecule is O=c1cc(-c2ccc(CCC[P+](c3ccccc3)(c3ccccc3)c3ccccc3)cc2)oc2c(O)c(O)ccc12.[Br-]. The summed E-state index contributed by atoms with van der Waals surface area (Å²) in [4.78, 5) is 12.6. The van der Waals surface area contributed by atoms with Crippen molar-refractivity contribution in [2.45, 2.75) is 12.8 Å². The molecule has 0 aliphatic rings. The fraction of sp³-hybridized carbons (Fsp3) is 0.0833. The molecule has 0 amide bonds. The average molecular weight is 638 g/mol. The van der Waals surface area contributed by atoms with Crippen molar-refractivity contribution in [3.63, 3.8) is 0 Å². The van der Waals surface area contributed by atoms with Gasteiger partial charge in [0.2, 0.25) is 5.75 Å². The molecular formula is C36H30BrO4P. The molecule has 0 aliphatic carbocycles. The lowest BCUT2D eigenvalue weighted by Crippen LogP contribution is -3.00. The Bertz CT molecular complexity index is 1740. The number of phenols is 2. The number of aryl methyl sites for hydroxylation is 1. The third kappa shape index (κ3) is 5.63. The topological polar surface area (TPSA) is 70.7 Å². The van der Waals surface area contributed by atoms with E-state index in [1.807, 2.05) is 12.1 Å². The van der Waals surface area contributed by atoms with Crippen LogP contribution in [-0.4, -0.2) is 16.4 Å². The van der Waals surface area contributed by atoms with Gasteiger partial charge in [-0.2, -0.15) is 0 Å². The predicted molar refractivity (Wildman–Crippen MR) is 170 cm³/mol. The zero-order valence-corrected chi connectivity index (χ0v) is 25.3. The van der Waals surface area contributed by atoms with Crippen LogP contribution < -0.4 is 38.3 Å². The van der Waals surface area contributed by atoms with Crippen molar-refractivity contribution in [2.75, 3.05) is 6.16 Å². The molecule has 0 atom stereocenters. The molecule has 0 bridgehead atoms. The third-order valence-electron chi connectivity index (χ3n) is 7.64. The summed E-state index contributed by atoms with van der Waals surface area (Å²) in [5, 5.41) is 24.5. The lowest BCUT2D eigenvalue weighted by molar-refractivity contribution is -0.0000101. The molecule has 6 rings (SSSR count). The summed E-state index contributed by atoms with van der Waals surface area (Å²) in [5.41, 5.74) is 1.64. The highest BCUT2D eigenvalue weighted by Crippen LogP contribution is 2.55. The van der Waals surface area contributed by atoms with Crippen LogP contribution in [0.2, 0.25) is 0 Å². The van der Waals surface area contributed by atoms with Gasteiger partial charge in [0.15, 0.2) is 16.8 Å². The minimum Gasteiger partial charge on any atom is -1.00 e. The summed E-state index contributed by atoms with van der Waals surface area (Å²) < 4.78 is 5.85. The van der Waals surface area contributed by atoms with E-state index in [2.05, 4.69) is 103 Å². The highest BCUT2D eigenvalue weighted by molar-refractivity contribution is 7.95. The minimum atomic E-state index is -1.88. The first kappa shape index (κ1) is 29.3. The molecule has 0 saturated carbocycles. The largest absolute Gasteiger partial charge is 1.00 e. The van der Waals surface area contributed by atoms with E-state index >= 15 is 0 Å². The average Bonchev–Trinajstić information content (AvgIpc) is 3.03. The van der Waals surface area contributed by atoms with E-state index in [4.69, 9.17) is 4.42 Å². The van der Waals surface area contributed by atoms with Gasteiger partial charge in [-0.25, -0.2) is 0 Å². The second-order valence-corrected chi connectivity index (χ2v) is 13.7. The molecule has 0 unspecified atom stereocenters. The molecule has 1 aromatic heterocycles. The van der Waals surface area contributed by atoms with Crippen LogP contribution in [0.15, 0.2) is 143 Å². The van der Waals surface area contributed by atoms with E-state index in [0.717, 1.165) is 24.6 Å². The van der Waals surface area contributed by atoms with Gasteiger partial charge in [0.05, 0.1) is 11.5 Å². The van der Waals surface area contributed by atoms with Crippen LogP contribution in [0.3, 0.4) is 0 Å². The number of phenolic OH excluding ortho intramolecular Hbond substituents is 2. The van der Waals surface area contributed by atoms with E-state index in [1.165, 1.54) is 39.7 Å². The maximum Gasteiger partial charge on any atom is 0.201 e. The summed E-state index contributed by atoms with van der Waals surface area (Å²) >= 11 is 0. The van der Waals surface area contributed by atoms with Crippen LogP contribution >= 0.6 is 7.26 Å². The van der Waals surface area contributed by atoms with E-state index in [-0.39, 0.29) is 39.1 Å². The Morgan fingerprint density at radius 1 is 0.643 bits per heavy atom. The Morgan fingerprint density at radius 2 is 1.17 bits per heavy atom. The molecule has 4 nitrogen and oxygen atoms in total. The quantitative estimate of drug-likeness (QED) is 0.197. The van der Waals surface area contributed by atoms with Gasteiger partial charge in [-0.3, -0.25) is 4.79 Å². The molecule has 0 spiro atoms. The molecule has 6 heteroatoms. The lowest BCUT2D eigenvalue weighted by atomic mass is 10.1. The molecule has 0 saturated heterocycles. The summed E-state index contributed by atoms with van der Waals surface area (Å²) in [6.07, 6.45) is 2.95. The van der Waals surface area contributed by atoms with Crippen LogP contribution in [0.1, 0.15) is 12.0 Å². The van der Waals surface area contributed by atoms with Gasteiger partial charge in [-0.1, -0.05) is 78.9 Å². The Kier molecular flexibility index (Phi) is 8.91. The van der Waals surface area contributed by atoms with Gasteiger partial charge in [0.25, 0.3) is 0 Å². The standard InChI is InChI=1S/C36H29O4P.BrH/c37-32-23-22-31-33(38)25-34(40-36(31)35(32)39)27-20-18-26(19-21-27)11-10-24-41(28-12-4-1-5-13-28,29-14-6-2-7-15-29)30-16-8-3-9-17-30;/h1-9,12-23,25H,10-11,24H2,(H-,37,38,39);1H. The molecule has 1 heterocycles. The molecular weight excluding hydrogens is 607 g/mol. The highest BCUT2D eigenvalue weighted by Gasteiger charge is 2.44. The third-order valence-corrected chi connectivity index (χ3v) is 12.2. The first-order chi connectivity index (χ1) is 20.1. The predicted octanol–water partition coefficient (Wildman–Crippen LogP) is 3.80. The first-order valence-electron chi connectivity index (χ1n) is 13.7. The van der Waals surface area contributed by atoms with Crippen LogP contribution in [0.4, 0.5) is 0 Å². The highest BCUT2D eigenvalue weighted by atomic mass is 79.9. The summed E-state index contributed by atoms with van der Waals surface area (Å²) in [6, 6.07) is 44.9. The van der Waals surface area contributed by atoms with E-state index in [0.29, 0.717) is 5.76 Å². The number of halogens is 1. The first-order valence-corrected chi connectivity index (χ1v) is 15.7. The number of aromatic hydroxyl groups is 2. The van der Waals surface area contributed by atoms with Crippen LogP contribution in [0, 0.1) is 0 Å². The fourth-order valence-corrected chi connectivity index (χ4v) is 9.92. The second kappa shape index (κ2) is 12.8. The number of hydrogen-bond donors (Lipinski definition) is 2. The molecule has 210 valence electrons. The van der Waals surface area contributed by atoms with E-state index in [9.17, 15) is 15.0 Å². The van der Waals surface area contributed by atoms with Gasteiger partial charge < -0.3 is 31.6 Å². The minimum absolute atomic E-state index is 0. The summed E-state index contributed by atoms with van der Waals surface area (Å²) in [6.45, 7) is 0. The number of fused-ring (bicyclic) bond motifs is 1. The Balaban J connectivity index is 0.00000353. The van der Waals surface area contributed by atoms with Gasteiger partial charge in [-0.05, 0) is 66.9 Å². The van der Waals surface area contributed by atoms with Crippen molar-refractivity contribution in [3.05, 3.63) is 149 Å². The molecule has 42 heavy (non-hydrogen) atoms. The lowest BCUT2D eigenvalue weighted by Gasteiger charge is -2.27. The maximum absolute atomic E-state index is 12.6. The fourth-order valence-electron chi connectivity index (χ4n) is 5.57. The van der Waals surface area contributed by atoms with Crippen LogP contribution in [0.25, 0.3) is 22.3 Å². The zero-order valence-electron chi connectivity index (χ0n) is 22.9. The van der Waals surface area contributed by atoms with Crippen molar-refractivity contribution < 1.29 is 31.6 Å². The summed E-state index contributed by atoms with van der Waals surface area (Å²) in [7, 11) is -1.88. The second-order valence-electron chi connectivity index (χ2n) is 10.1. The summed E-state index contributed by atoms with van der Waals surface area (Å²) in [5.74, 6) is -0.411. The van der Waals surface area contributed by atoms with Crippen molar-refractivity contribution in [3.8, 4) is 22.8 Å². The maximum atomic E-state index is 12.6. The van der Waals surface area contributed by atoms with Crippen LogP contribution in [-0.2, 0) is 6.42 Å². The van der Waals surface area contributed by atoms with Crippen molar-refractivity contribution >= 4 is 34.1 Å².